The van der Waals surface area contributed by atoms with Crippen LogP contribution in [-0.2, 0) is 0 Å². The van der Waals surface area contributed by atoms with E-state index in [-0.39, 0.29) is 11.9 Å². The van der Waals surface area contributed by atoms with Crippen LogP contribution in [0.5, 0.6) is 5.75 Å². The molecule has 1 fully saturated rings. The summed E-state index contributed by atoms with van der Waals surface area (Å²) in [6, 6.07) is 8.05. The van der Waals surface area contributed by atoms with Crippen molar-refractivity contribution in [2.45, 2.75) is 32.2 Å². The number of nitrogens with one attached hydrogen (secondary N) is 2. The minimum atomic E-state index is -0.0888. The van der Waals surface area contributed by atoms with Gasteiger partial charge in [0.1, 0.15) is 16.5 Å². The zero-order chi connectivity index (χ0) is 16.8. The fraction of sp³-hybridized carbons (Fsp3) is 0.444. The maximum Gasteiger partial charge on any atom is 0.271 e. The van der Waals surface area contributed by atoms with Crippen molar-refractivity contribution in [1.82, 2.24) is 15.6 Å². The van der Waals surface area contributed by atoms with Crippen LogP contribution in [0, 0.1) is 0 Å². The Morgan fingerprint density at radius 3 is 2.96 bits per heavy atom. The van der Waals surface area contributed by atoms with E-state index >= 15 is 0 Å². The lowest BCUT2D eigenvalue weighted by atomic mass is 10.1. The molecule has 5 nitrogen and oxygen atoms in total. The Labute approximate surface area is 146 Å². The summed E-state index contributed by atoms with van der Waals surface area (Å²) >= 11 is 1.49. The van der Waals surface area contributed by atoms with Crippen LogP contribution in [0.15, 0.2) is 29.6 Å². The van der Waals surface area contributed by atoms with Crippen molar-refractivity contribution in [3.8, 4) is 16.3 Å². The molecule has 0 radical (unpaired) electrons. The summed E-state index contributed by atoms with van der Waals surface area (Å²) in [4.78, 5) is 16.8. The standard InChI is InChI=1S/C18H23N3O2S/c1-2-10-23-15-7-5-13(6-8-15)18-21-16(12-24-18)17(22)20-14-4-3-9-19-11-14/h5-8,12,14,19H,2-4,9-11H2,1H3,(H,20,22). The molecule has 128 valence electrons. The average Bonchev–Trinajstić information content (AvgIpc) is 3.11. The van der Waals surface area contributed by atoms with Crippen molar-refractivity contribution in [2.24, 2.45) is 0 Å². The number of amides is 1. The maximum absolute atomic E-state index is 12.3. The van der Waals surface area contributed by atoms with Crippen LogP contribution in [0.25, 0.3) is 10.6 Å². The first-order valence-electron chi connectivity index (χ1n) is 8.46. The quantitative estimate of drug-likeness (QED) is 0.844. The van der Waals surface area contributed by atoms with Crippen molar-refractivity contribution < 1.29 is 9.53 Å². The van der Waals surface area contributed by atoms with Gasteiger partial charge in [-0.15, -0.1) is 11.3 Å². The molecule has 1 atom stereocenters. The Hall–Kier alpha value is -1.92. The first-order valence-corrected chi connectivity index (χ1v) is 9.34. The van der Waals surface area contributed by atoms with Gasteiger partial charge in [-0.1, -0.05) is 6.92 Å². The van der Waals surface area contributed by atoms with E-state index in [4.69, 9.17) is 4.74 Å². The smallest absolute Gasteiger partial charge is 0.271 e. The molecule has 6 heteroatoms. The van der Waals surface area contributed by atoms with E-state index in [9.17, 15) is 4.79 Å². The Bertz CT molecular complexity index is 663. The van der Waals surface area contributed by atoms with Crippen LogP contribution in [0.2, 0.25) is 0 Å². The predicted molar refractivity (Wildman–Crippen MR) is 96.7 cm³/mol. The molecule has 0 spiro atoms. The van der Waals surface area contributed by atoms with Crippen molar-refractivity contribution in [3.05, 3.63) is 35.3 Å². The van der Waals surface area contributed by atoms with Crippen molar-refractivity contribution in [1.29, 1.82) is 0 Å². The van der Waals surface area contributed by atoms with Gasteiger partial charge in [0, 0.05) is 23.5 Å². The molecule has 2 aromatic rings. The maximum atomic E-state index is 12.3. The van der Waals surface area contributed by atoms with Crippen LogP contribution in [0.1, 0.15) is 36.7 Å². The van der Waals surface area contributed by atoms with Gasteiger partial charge in [-0.3, -0.25) is 4.79 Å². The van der Waals surface area contributed by atoms with E-state index < -0.39 is 0 Å². The summed E-state index contributed by atoms with van der Waals surface area (Å²) in [6.45, 7) is 4.67. The number of thiazole rings is 1. The molecule has 1 unspecified atom stereocenters. The van der Waals surface area contributed by atoms with Crippen molar-refractivity contribution >= 4 is 17.2 Å². The summed E-state index contributed by atoms with van der Waals surface area (Å²) in [5.41, 5.74) is 1.49. The molecule has 1 amide bonds. The van der Waals surface area contributed by atoms with Gasteiger partial charge >= 0.3 is 0 Å². The number of carbonyl (C=O) groups is 1. The molecular formula is C18H23N3O2S. The second-order valence-electron chi connectivity index (χ2n) is 5.93. The van der Waals surface area contributed by atoms with E-state index in [2.05, 4.69) is 22.5 Å². The molecule has 24 heavy (non-hydrogen) atoms. The predicted octanol–water partition coefficient (Wildman–Crippen LogP) is 3.08. The number of nitrogens with zero attached hydrogens (tertiary/aromatic N) is 1. The number of carbonyl (C=O) groups excluding carboxylic acids is 1. The molecular weight excluding hydrogens is 322 g/mol. The van der Waals surface area contributed by atoms with Gasteiger partial charge in [0.15, 0.2) is 0 Å². The molecule has 0 bridgehead atoms. The molecule has 1 aliphatic rings. The number of hydrogen-bond acceptors (Lipinski definition) is 5. The second-order valence-corrected chi connectivity index (χ2v) is 6.79. The summed E-state index contributed by atoms with van der Waals surface area (Å²) in [6.07, 6.45) is 3.11. The lowest BCUT2D eigenvalue weighted by molar-refractivity contribution is 0.0926. The number of benzene rings is 1. The summed E-state index contributed by atoms with van der Waals surface area (Å²) in [7, 11) is 0. The van der Waals surface area contributed by atoms with Gasteiger partial charge in [-0.2, -0.15) is 0 Å². The normalized spacial score (nSPS) is 17.5. The topological polar surface area (TPSA) is 63.2 Å². The second kappa shape index (κ2) is 8.26. The van der Waals surface area contributed by atoms with E-state index in [0.717, 1.165) is 55.3 Å². The fourth-order valence-corrected chi connectivity index (χ4v) is 3.46. The van der Waals surface area contributed by atoms with Gasteiger partial charge in [0.05, 0.1) is 6.61 Å². The van der Waals surface area contributed by atoms with Crippen LogP contribution in [0.3, 0.4) is 0 Å². The molecule has 1 saturated heterocycles. The lowest BCUT2D eigenvalue weighted by Gasteiger charge is -2.23. The van der Waals surface area contributed by atoms with Gasteiger partial charge in [0.2, 0.25) is 0 Å². The minimum Gasteiger partial charge on any atom is -0.494 e. The first-order chi connectivity index (χ1) is 11.8. The number of rotatable bonds is 6. The van der Waals surface area contributed by atoms with Crippen LogP contribution in [0.4, 0.5) is 0 Å². The first kappa shape index (κ1) is 16.9. The van der Waals surface area contributed by atoms with Crippen molar-refractivity contribution in [3.63, 3.8) is 0 Å². The van der Waals surface area contributed by atoms with Gasteiger partial charge in [0.25, 0.3) is 5.91 Å². The Morgan fingerprint density at radius 2 is 2.25 bits per heavy atom. The highest BCUT2D eigenvalue weighted by Crippen LogP contribution is 2.26. The minimum absolute atomic E-state index is 0.0888. The zero-order valence-electron chi connectivity index (χ0n) is 13.9. The van der Waals surface area contributed by atoms with E-state index in [1.807, 2.05) is 29.6 Å². The molecule has 0 aliphatic carbocycles. The average molecular weight is 345 g/mol. The number of hydrogen-bond donors (Lipinski definition) is 2. The summed E-state index contributed by atoms with van der Waals surface area (Å²) in [5.74, 6) is 0.772. The van der Waals surface area contributed by atoms with Crippen LogP contribution < -0.4 is 15.4 Å². The SMILES string of the molecule is CCCOc1ccc(-c2nc(C(=O)NC3CCCNC3)cs2)cc1. The molecule has 2 N–H and O–H groups in total. The summed E-state index contributed by atoms with van der Waals surface area (Å²) < 4.78 is 5.59. The van der Waals surface area contributed by atoms with Crippen molar-refractivity contribution in [2.75, 3.05) is 19.7 Å². The summed E-state index contributed by atoms with van der Waals surface area (Å²) in [5, 5.41) is 9.03. The monoisotopic (exact) mass is 345 g/mol. The third-order valence-corrected chi connectivity index (χ3v) is 4.83. The Balaban J connectivity index is 1.62. The molecule has 1 aliphatic heterocycles. The highest BCUT2D eigenvalue weighted by atomic mass is 32.1. The molecule has 1 aromatic heterocycles. The molecule has 2 heterocycles. The number of ether oxygens (including phenoxy) is 1. The number of piperidine rings is 1. The zero-order valence-corrected chi connectivity index (χ0v) is 14.7. The molecule has 3 rings (SSSR count). The fourth-order valence-electron chi connectivity index (χ4n) is 2.66. The van der Waals surface area contributed by atoms with Gasteiger partial charge in [-0.25, -0.2) is 4.98 Å². The molecule has 0 saturated carbocycles. The largest absolute Gasteiger partial charge is 0.494 e. The van der Waals surface area contributed by atoms with E-state index in [1.54, 1.807) is 0 Å². The third-order valence-electron chi connectivity index (χ3n) is 3.94. The number of aromatic nitrogens is 1. The highest BCUT2D eigenvalue weighted by molar-refractivity contribution is 7.13. The molecule has 1 aromatic carbocycles. The van der Waals surface area contributed by atoms with Crippen LogP contribution >= 0.6 is 11.3 Å². The highest BCUT2D eigenvalue weighted by Gasteiger charge is 2.18. The Morgan fingerprint density at radius 1 is 1.42 bits per heavy atom. The third kappa shape index (κ3) is 4.33. The van der Waals surface area contributed by atoms with Gasteiger partial charge < -0.3 is 15.4 Å². The van der Waals surface area contributed by atoms with E-state index in [1.165, 1.54) is 11.3 Å². The lowest BCUT2D eigenvalue weighted by Crippen LogP contribution is -2.45. The van der Waals surface area contributed by atoms with E-state index in [0.29, 0.717) is 5.69 Å². The Kier molecular flexibility index (Phi) is 5.82. The van der Waals surface area contributed by atoms with Crippen LogP contribution in [-0.4, -0.2) is 36.6 Å². The van der Waals surface area contributed by atoms with Gasteiger partial charge in [-0.05, 0) is 50.1 Å².